The van der Waals surface area contributed by atoms with Crippen LogP contribution in [0.5, 0.6) is 0 Å². The summed E-state index contributed by atoms with van der Waals surface area (Å²) in [5.74, 6) is 0. The molecule has 19 nitrogen and oxygen atoms in total. The van der Waals surface area contributed by atoms with Crippen LogP contribution in [0.25, 0.3) is 43.6 Å². The van der Waals surface area contributed by atoms with Gasteiger partial charge in [0.25, 0.3) is 10.1 Å². The molecule has 0 saturated carbocycles. The summed E-state index contributed by atoms with van der Waals surface area (Å²) < 4.78 is 45.1. The fraction of sp³-hybridized carbons (Fsp3) is 0.302. The average Bonchev–Trinajstić information content (AvgIpc) is 1.70. The van der Waals surface area contributed by atoms with Crippen molar-refractivity contribution in [2.24, 2.45) is 5.73 Å². The lowest BCUT2D eigenvalue weighted by Crippen LogP contribution is -2.27. The van der Waals surface area contributed by atoms with Crippen molar-refractivity contribution in [1.82, 2.24) is 30.2 Å². The van der Waals surface area contributed by atoms with E-state index in [4.69, 9.17) is 74.0 Å². The van der Waals surface area contributed by atoms with Crippen molar-refractivity contribution in [3.63, 3.8) is 0 Å². The van der Waals surface area contributed by atoms with Crippen LogP contribution in [0.4, 0.5) is 39.8 Å². The number of aromatic nitrogens is 4. The lowest BCUT2D eigenvalue weighted by Gasteiger charge is -2.28. The number of para-hydroxylation sites is 4. The number of hydrogen-bond donors (Lipinski definition) is 7. The van der Waals surface area contributed by atoms with Gasteiger partial charge in [0, 0.05) is 163 Å². The SMILES string of the molecule is CN(CCCNc1ccnc2cc(Cl)ccc12)CCCN1c2ccccc2CCc2ccccc21.CNCCCN1c2ccccc2CCc2ccccc21.CS(=O)(=O)Cl.CS(=O)(=O)OCCCNc1ccnc2cc(Cl)ccc12.Clc1ccc2c(Cl)ccnc2c1.NCCCO.OCCCNc1ccnc2cc(Cl)ccc12. The van der Waals surface area contributed by atoms with E-state index in [1.54, 1.807) is 42.9 Å². The minimum absolute atomic E-state index is 0.167. The first-order chi connectivity index (χ1) is 54.5. The summed E-state index contributed by atoms with van der Waals surface area (Å²) in [5, 5.41) is 37.5. The summed E-state index contributed by atoms with van der Waals surface area (Å²) in [4.78, 5) is 24.5. The first-order valence-corrected chi connectivity index (χ1v) is 43.9. The molecule has 8 aromatic carbocycles. The van der Waals surface area contributed by atoms with Crippen LogP contribution in [0, 0.1) is 0 Å². The summed E-state index contributed by atoms with van der Waals surface area (Å²) >= 11 is 29.7. The molecule has 14 rings (SSSR count). The average molecular weight is 1690 g/mol. The Kier molecular flexibility index (Phi) is 38.1. The van der Waals surface area contributed by atoms with Crippen LogP contribution in [0.2, 0.25) is 25.1 Å². The Morgan fingerprint density at radius 2 is 0.779 bits per heavy atom. The summed E-state index contributed by atoms with van der Waals surface area (Å²) in [6, 6.07) is 65.6. The summed E-state index contributed by atoms with van der Waals surface area (Å²) in [6.45, 7) is 8.76. The molecular formula is C86H100Cl6N12O7S2. The van der Waals surface area contributed by atoms with Gasteiger partial charge in [0.2, 0.25) is 9.05 Å². The number of pyridine rings is 4. The van der Waals surface area contributed by atoms with E-state index in [2.05, 4.69) is 175 Å². The Balaban J connectivity index is 0.000000179. The van der Waals surface area contributed by atoms with E-state index in [9.17, 15) is 16.8 Å². The molecule has 6 heterocycles. The monoisotopic (exact) mass is 1690 g/mol. The third kappa shape index (κ3) is 30.5. The van der Waals surface area contributed by atoms with Gasteiger partial charge in [-0.15, -0.1) is 0 Å². The van der Waals surface area contributed by atoms with Gasteiger partial charge in [-0.3, -0.25) is 24.1 Å². The summed E-state index contributed by atoms with van der Waals surface area (Å²) in [7, 11) is 2.20. The van der Waals surface area contributed by atoms with Crippen LogP contribution in [0.3, 0.4) is 0 Å². The highest BCUT2D eigenvalue weighted by Gasteiger charge is 2.22. The van der Waals surface area contributed by atoms with Crippen LogP contribution < -0.4 is 36.8 Å². The number of rotatable bonds is 25. The number of halogens is 6. The molecule has 0 unspecified atom stereocenters. The molecule has 0 aliphatic carbocycles. The number of nitrogens with two attached hydrogens (primary N) is 1. The lowest BCUT2D eigenvalue weighted by molar-refractivity contribution is 0.291. The quantitative estimate of drug-likeness (QED) is 0.0159. The Bertz CT molecular complexity index is 5090. The van der Waals surface area contributed by atoms with Crippen LogP contribution in [-0.4, -0.2) is 157 Å². The Morgan fingerprint density at radius 1 is 0.442 bits per heavy atom. The number of anilines is 7. The molecule has 4 aromatic heterocycles. The Labute approximate surface area is 694 Å². The summed E-state index contributed by atoms with van der Waals surface area (Å²) in [5.41, 5.74) is 22.8. The lowest BCUT2D eigenvalue weighted by atomic mass is 10.0. The molecule has 2 aliphatic heterocycles. The van der Waals surface area contributed by atoms with Gasteiger partial charge < -0.3 is 51.9 Å². The molecule has 113 heavy (non-hydrogen) atoms. The van der Waals surface area contributed by atoms with E-state index in [-0.39, 0.29) is 19.8 Å². The third-order valence-corrected chi connectivity index (χ3v) is 19.8. The van der Waals surface area contributed by atoms with Crippen molar-refractivity contribution in [1.29, 1.82) is 0 Å². The van der Waals surface area contributed by atoms with Crippen LogP contribution in [-0.2, 0) is 49.0 Å². The number of aliphatic hydroxyl groups is 2. The normalized spacial score (nSPS) is 12.0. The first kappa shape index (κ1) is 90.3. The van der Waals surface area contributed by atoms with Gasteiger partial charge in [-0.2, -0.15) is 8.42 Å². The van der Waals surface area contributed by atoms with Gasteiger partial charge in [-0.1, -0.05) is 131 Å². The predicted octanol–water partition coefficient (Wildman–Crippen LogP) is 18.9. The van der Waals surface area contributed by atoms with Gasteiger partial charge >= 0.3 is 0 Å². The topological polar surface area (TPSA) is 253 Å². The van der Waals surface area contributed by atoms with Crippen molar-refractivity contribution >= 4 is 171 Å². The van der Waals surface area contributed by atoms with Crippen molar-refractivity contribution < 1.29 is 31.2 Å². The molecule has 0 radical (unpaired) electrons. The fourth-order valence-corrected chi connectivity index (χ4v) is 13.9. The maximum atomic E-state index is 10.8. The smallest absolute Gasteiger partial charge is 0.264 e. The van der Waals surface area contributed by atoms with E-state index in [1.165, 1.54) is 45.0 Å². The summed E-state index contributed by atoms with van der Waals surface area (Å²) in [6.07, 6.45) is 18.8. The zero-order chi connectivity index (χ0) is 81.0. The van der Waals surface area contributed by atoms with E-state index in [0.29, 0.717) is 39.6 Å². The van der Waals surface area contributed by atoms with Gasteiger partial charge in [-0.25, -0.2) is 8.42 Å². The highest BCUT2D eigenvalue weighted by Crippen LogP contribution is 2.38. The van der Waals surface area contributed by atoms with Crippen LogP contribution in [0.1, 0.15) is 60.8 Å². The highest BCUT2D eigenvalue weighted by atomic mass is 35.7. The van der Waals surface area contributed by atoms with Crippen molar-refractivity contribution in [3.8, 4) is 0 Å². The van der Waals surface area contributed by atoms with Crippen molar-refractivity contribution in [3.05, 3.63) is 266 Å². The number of nitrogens with one attached hydrogen (secondary N) is 4. The molecule has 0 fully saturated rings. The number of hydrogen-bond acceptors (Lipinski definition) is 19. The second kappa shape index (κ2) is 47.6. The van der Waals surface area contributed by atoms with E-state index in [1.807, 2.05) is 86.0 Å². The van der Waals surface area contributed by atoms with E-state index in [0.717, 1.165) is 182 Å². The zero-order valence-electron chi connectivity index (χ0n) is 64.1. The number of aliphatic hydroxyl groups excluding tert-OH is 2. The second-order valence-corrected chi connectivity index (χ2v) is 33.4. The van der Waals surface area contributed by atoms with Crippen LogP contribution in [0.15, 0.2) is 219 Å². The zero-order valence-corrected chi connectivity index (χ0v) is 70.2. The standard InChI is InChI=1S/C30H33ClN4.C18H22N2.C13H15ClN2O3S.C12H13ClN2O.C9H5Cl2N.C3H9NO.CH3ClO2S/c1-34(19-6-17-32-27-16-18-33-28-22-25(31)14-15-26(27)28)20-7-21-35-29-10-4-2-8-23(29)12-13-24-9-3-5-11-30(24)35;1-19-13-6-14-20-17-9-4-2-7-15(17)11-12-16-8-3-5-10-18(16)20;1-20(17,18)19-8-2-6-15-12-5-7-16-13-9-10(14)3-4-11(12)13;13-9-2-3-10-11(14-5-1-7-16)4-6-15-12(10)8-9;10-6-1-2-7-8(11)3-4-12-9(7)5-6;4-2-1-3-5;1-5(2,3)4/h2-5,8-11,14-16,18,22H,6-7,12-13,17,19-21H2,1H3,(H,32,33);2-5,7-10,19H,6,11-14H2,1H3;3-5,7,9H,2,6,8H2,1H3,(H,15,16);2-4,6,8,16H,1,5,7H2,(H,14,15);1-5H;5H,1-4H2;1H3. The van der Waals surface area contributed by atoms with E-state index < -0.39 is 19.2 Å². The molecule has 8 N–H and O–H groups in total. The van der Waals surface area contributed by atoms with Gasteiger partial charge in [-0.05, 0) is 248 Å². The van der Waals surface area contributed by atoms with Gasteiger partial charge in [0.05, 0.1) is 46.2 Å². The fourth-order valence-electron chi connectivity index (χ4n) is 12.6. The Morgan fingerprint density at radius 3 is 1.14 bits per heavy atom. The number of benzene rings is 8. The number of aryl methyl sites for hydroxylation is 4. The third-order valence-electron chi connectivity index (χ3n) is 17.9. The maximum Gasteiger partial charge on any atom is 0.264 e. The maximum absolute atomic E-state index is 10.8. The predicted molar refractivity (Wildman–Crippen MR) is 476 cm³/mol. The molecule has 600 valence electrons. The number of nitrogens with zero attached hydrogens (tertiary/aromatic N) is 7. The van der Waals surface area contributed by atoms with Crippen molar-refractivity contribution in [2.75, 3.05) is 131 Å². The van der Waals surface area contributed by atoms with Gasteiger partial charge in [0.15, 0.2) is 0 Å². The van der Waals surface area contributed by atoms with Crippen LogP contribution >= 0.6 is 68.7 Å². The molecule has 0 spiro atoms. The largest absolute Gasteiger partial charge is 0.396 e. The molecule has 0 atom stereocenters. The second-order valence-electron chi connectivity index (χ2n) is 26.6. The molecule has 0 amide bonds. The Hall–Kier alpha value is -8.20. The number of fused-ring (bicyclic) bond motifs is 8. The highest BCUT2D eigenvalue weighted by molar-refractivity contribution is 8.13. The minimum atomic E-state index is -3.36. The van der Waals surface area contributed by atoms with Gasteiger partial charge in [0.1, 0.15) is 0 Å². The first-order valence-electron chi connectivity index (χ1n) is 37.4. The minimum Gasteiger partial charge on any atom is -0.396 e. The molecule has 0 bridgehead atoms. The molecule has 2 aliphatic rings. The molecule has 12 aromatic rings. The van der Waals surface area contributed by atoms with Crippen molar-refractivity contribution in [2.45, 2.75) is 64.2 Å². The van der Waals surface area contributed by atoms with E-state index >= 15 is 0 Å². The molecular weight excluding hydrogens is 1590 g/mol. The molecule has 0 saturated heterocycles. The molecule has 27 heteroatoms.